The van der Waals surface area contributed by atoms with Crippen LogP contribution in [0.25, 0.3) is 11.5 Å². The van der Waals surface area contributed by atoms with Crippen LogP contribution in [-0.4, -0.2) is 22.2 Å². The summed E-state index contributed by atoms with van der Waals surface area (Å²) in [6.45, 7) is 4.45. The van der Waals surface area contributed by atoms with E-state index in [1.54, 1.807) is 11.3 Å². The standard InChI is InChI=1S/C19H21N3O3S/c1-13(2)24-16-5-3-14(4-6-16)11-20-17(23)7-8-18-21-22-19(25-18)15-9-10-26-12-15/h3-6,9-10,12-13H,7-8,11H2,1-2H3,(H,20,23). The number of carbonyl (C=O) groups is 1. The van der Waals surface area contributed by atoms with Gasteiger partial charge in [0.1, 0.15) is 5.75 Å². The van der Waals surface area contributed by atoms with E-state index in [2.05, 4.69) is 15.5 Å². The van der Waals surface area contributed by atoms with Gasteiger partial charge in [0.2, 0.25) is 17.7 Å². The average molecular weight is 371 g/mol. The zero-order chi connectivity index (χ0) is 18.4. The van der Waals surface area contributed by atoms with E-state index >= 15 is 0 Å². The lowest BCUT2D eigenvalue weighted by Crippen LogP contribution is -2.23. The highest BCUT2D eigenvalue weighted by molar-refractivity contribution is 7.08. The number of aromatic nitrogens is 2. The molecule has 2 heterocycles. The van der Waals surface area contributed by atoms with Crippen molar-refractivity contribution in [2.75, 3.05) is 0 Å². The molecule has 6 nitrogen and oxygen atoms in total. The first-order valence-electron chi connectivity index (χ1n) is 8.47. The lowest BCUT2D eigenvalue weighted by atomic mass is 10.2. The van der Waals surface area contributed by atoms with Crippen molar-refractivity contribution in [1.82, 2.24) is 15.5 Å². The van der Waals surface area contributed by atoms with Crippen molar-refractivity contribution in [2.24, 2.45) is 0 Å². The monoisotopic (exact) mass is 371 g/mol. The quantitative estimate of drug-likeness (QED) is 0.651. The molecule has 1 amide bonds. The molecule has 0 aliphatic rings. The molecule has 0 aliphatic carbocycles. The second kappa shape index (κ2) is 8.62. The Bertz CT molecular complexity index is 826. The van der Waals surface area contributed by atoms with Gasteiger partial charge in [-0.25, -0.2) is 0 Å². The van der Waals surface area contributed by atoms with Crippen LogP contribution in [0.1, 0.15) is 31.7 Å². The molecule has 26 heavy (non-hydrogen) atoms. The Hall–Kier alpha value is -2.67. The molecule has 0 unspecified atom stereocenters. The van der Waals surface area contributed by atoms with Gasteiger partial charge in [-0.2, -0.15) is 11.3 Å². The Morgan fingerprint density at radius 2 is 2.04 bits per heavy atom. The fourth-order valence-electron chi connectivity index (χ4n) is 2.32. The molecule has 2 aromatic heterocycles. The minimum absolute atomic E-state index is 0.0530. The molecular formula is C19H21N3O3S. The summed E-state index contributed by atoms with van der Waals surface area (Å²) in [5.41, 5.74) is 1.93. The fourth-order valence-corrected chi connectivity index (χ4v) is 2.95. The Balaban J connectivity index is 1.43. The van der Waals surface area contributed by atoms with Crippen LogP contribution >= 0.6 is 11.3 Å². The number of hydrogen-bond acceptors (Lipinski definition) is 6. The summed E-state index contributed by atoms with van der Waals surface area (Å²) in [6.07, 6.45) is 0.870. The molecule has 0 aliphatic heterocycles. The zero-order valence-corrected chi connectivity index (χ0v) is 15.6. The highest BCUT2D eigenvalue weighted by atomic mass is 32.1. The smallest absolute Gasteiger partial charge is 0.248 e. The van der Waals surface area contributed by atoms with Gasteiger partial charge in [-0.15, -0.1) is 10.2 Å². The summed E-state index contributed by atoms with van der Waals surface area (Å²) in [7, 11) is 0. The third kappa shape index (κ3) is 5.16. The second-order valence-electron chi connectivity index (χ2n) is 6.10. The normalized spacial score (nSPS) is 10.9. The number of carbonyl (C=O) groups excluding carboxylic acids is 1. The first kappa shape index (κ1) is 18.1. The van der Waals surface area contributed by atoms with Crippen molar-refractivity contribution in [3.8, 4) is 17.2 Å². The van der Waals surface area contributed by atoms with Crippen LogP contribution in [0.15, 0.2) is 45.5 Å². The van der Waals surface area contributed by atoms with Crippen LogP contribution in [0.5, 0.6) is 5.75 Å². The molecule has 3 aromatic rings. The molecule has 0 bridgehead atoms. The van der Waals surface area contributed by atoms with Crippen LogP contribution in [0.3, 0.4) is 0 Å². The van der Waals surface area contributed by atoms with Crippen molar-refractivity contribution in [1.29, 1.82) is 0 Å². The van der Waals surface area contributed by atoms with Gasteiger partial charge >= 0.3 is 0 Å². The fraction of sp³-hybridized carbons (Fsp3) is 0.316. The van der Waals surface area contributed by atoms with E-state index in [-0.39, 0.29) is 12.0 Å². The van der Waals surface area contributed by atoms with Crippen molar-refractivity contribution in [2.45, 2.75) is 39.3 Å². The zero-order valence-electron chi connectivity index (χ0n) is 14.8. The highest BCUT2D eigenvalue weighted by Crippen LogP contribution is 2.20. The third-order valence-electron chi connectivity index (χ3n) is 3.59. The molecule has 0 saturated heterocycles. The van der Waals surface area contributed by atoms with E-state index in [0.29, 0.717) is 31.2 Å². The SMILES string of the molecule is CC(C)Oc1ccc(CNC(=O)CCc2nnc(-c3ccsc3)o2)cc1. The van der Waals surface area contributed by atoms with E-state index in [1.165, 1.54) is 0 Å². The largest absolute Gasteiger partial charge is 0.491 e. The first-order valence-corrected chi connectivity index (χ1v) is 9.41. The Morgan fingerprint density at radius 3 is 2.73 bits per heavy atom. The predicted octanol–water partition coefficient (Wildman–Crippen LogP) is 3.83. The van der Waals surface area contributed by atoms with Crippen molar-refractivity contribution in [3.63, 3.8) is 0 Å². The minimum atomic E-state index is -0.0530. The molecule has 1 N–H and O–H groups in total. The minimum Gasteiger partial charge on any atom is -0.491 e. The van der Waals surface area contributed by atoms with Gasteiger partial charge in [0.15, 0.2) is 0 Å². The molecule has 3 rings (SSSR count). The lowest BCUT2D eigenvalue weighted by molar-refractivity contribution is -0.121. The predicted molar refractivity (Wildman–Crippen MR) is 100.0 cm³/mol. The molecule has 0 fully saturated rings. The van der Waals surface area contributed by atoms with Gasteiger partial charge in [-0.1, -0.05) is 12.1 Å². The van der Waals surface area contributed by atoms with Gasteiger partial charge in [-0.3, -0.25) is 4.79 Å². The van der Waals surface area contributed by atoms with Crippen LogP contribution < -0.4 is 10.1 Å². The maximum absolute atomic E-state index is 12.0. The number of nitrogens with one attached hydrogen (secondary N) is 1. The van der Waals surface area contributed by atoms with Crippen LogP contribution in [0, 0.1) is 0 Å². The summed E-state index contributed by atoms with van der Waals surface area (Å²) in [5.74, 6) is 1.73. The van der Waals surface area contributed by atoms with Crippen molar-refractivity contribution < 1.29 is 13.9 Å². The number of amides is 1. The molecule has 0 saturated carbocycles. The van der Waals surface area contributed by atoms with Gasteiger partial charge in [0, 0.05) is 30.3 Å². The lowest BCUT2D eigenvalue weighted by Gasteiger charge is -2.10. The Kier molecular flexibility index (Phi) is 6.01. The summed E-state index contributed by atoms with van der Waals surface area (Å²) >= 11 is 1.57. The Morgan fingerprint density at radius 1 is 1.23 bits per heavy atom. The van der Waals surface area contributed by atoms with Gasteiger partial charge < -0.3 is 14.5 Å². The van der Waals surface area contributed by atoms with E-state index in [0.717, 1.165) is 16.9 Å². The number of rotatable bonds is 8. The van der Waals surface area contributed by atoms with Crippen molar-refractivity contribution >= 4 is 17.2 Å². The van der Waals surface area contributed by atoms with Gasteiger partial charge in [-0.05, 0) is 43.0 Å². The average Bonchev–Trinajstić information content (AvgIpc) is 3.30. The topological polar surface area (TPSA) is 77.2 Å². The third-order valence-corrected chi connectivity index (χ3v) is 4.27. The number of ether oxygens (including phenoxy) is 1. The summed E-state index contributed by atoms with van der Waals surface area (Å²) in [6, 6.07) is 9.64. The molecule has 1 aromatic carbocycles. The molecule has 136 valence electrons. The van der Waals surface area contributed by atoms with Crippen LogP contribution in [-0.2, 0) is 17.8 Å². The van der Waals surface area contributed by atoms with E-state index < -0.39 is 0 Å². The van der Waals surface area contributed by atoms with Gasteiger partial charge in [0.05, 0.1) is 6.10 Å². The van der Waals surface area contributed by atoms with Crippen LogP contribution in [0.4, 0.5) is 0 Å². The molecule has 0 atom stereocenters. The van der Waals surface area contributed by atoms with Gasteiger partial charge in [0.25, 0.3) is 0 Å². The highest BCUT2D eigenvalue weighted by Gasteiger charge is 2.10. The van der Waals surface area contributed by atoms with E-state index in [1.807, 2.05) is 54.9 Å². The summed E-state index contributed by atoms with van der Waals surface area (Å²) in [4.78, 5) is 12.0. The molecule has 0 spiro atoms. The number of hydrogen-bond donors (Lipinski definition) is 1. The molecule has 7 heteroatoms. The Labute approximate surface area is 156 Å². The number of benzene rings is 1. The van der Waals surface area contributed by atoms with Crippen molar-refractivity contribution in [3.05, 3.63) is 52.5 Å². The number of aryl methyl sites for hydroxylation is 1. The maximum atomic E-state index is 12.0. The maximum Gasteiger partial charge on any atom is 0.248 e. The summed E-state index contributed by atoms with van der Waals surface area (Å²) in [5, 5.41) is 14.8. The number of thiophene rings is 1. The second-order valence-corrected chi connectivity index (χ2v) is 6.88. The first-order chi connectivity index (χ1) is 12.6. The molecule has 0 radical (unpaired) electrons. The van der Waals surface area contributed by atoms with E-state index in [4.69, 9.17) is 9.15 Å². The van der Waals surface area contributed by atoms with E-state index in [9.17, 15) is 4.79 Å². The molecular weight excluding hydrogens is 350 g/mol. The number of nitrogens with zero attached hydrogens (tertiary/aromatic N) is 2. The summed E-state index contributed by atoms with van der Waals surface area (Å²) < 4.78 is 11.2. The van der Waals surface area contributed by atoms with Crippen LogP contribution in [0.2, 0.25) is 0 Å².